The monoisotopic (exact) mass is 258 g/mol. The van der Waals surface area contributed by atoms with Crippen molar-refractivity contribution in [1.29, 1.82) is 0 Å². The molecular formula is C12H22N2O4. The molecule has 0 aromatic rings. The Kier molecular flexibility index (Phi) is 10.7. The van der Waals surface area contributed by atoms with Gasteiger partial charge in [0.1, 0.15) is 0 Å². The molecule has 1 aliphatic heterocycles. The Bertz CT molecular complexity index is 210. The van der Waals surface area contributed by atoms with Gasteiger partial charge in [-0.25, -0.2) is 0 Å². The Morgan fingerprint density at radius 3 is 1.50 bits per heavy atom. The highest BCUT2D eigenvalue weighted by Gasteiger charge is 1.91. The van der Waals surface area contributed by atoms with E-state index in [1.807, 2.05) is 0 Å². The molecule has 1 aliphatic rings. The molecule has 0 spiro atoms. The predicted molar refractivity (Wildman–Crippen MR) is 70.0 cm³/mol. The second-order valence-corrected chi connectivity index (χ2v) is 3.55. The van der Waals surface area contributed by atoms with E-state index in [9.17, 15) is 0 Å². The van der Waals surface area contributed by atoms with Gasteiger partial charge in [0.05, 0.1) is 65.9 Å². The van der Waals surface area contributed by atoms with Gasteiger partial charge >= 0.3 is 0 Å². The van der Waals surface area contributed by atoms with Crippen LogP contribution in [0.4, 0.5) is 0 Å². The molecular weight excluding hydrogens is 236 g/mol. The smallest absolute Gasteiger partial charge is 0.0815 e. The largest absolute Gasteiger partial charge is 0.377 e. The van der Waals surface area contributed by atoms with Crippen molar-refractivity contribution in [1.82, 2.24) is 0 Å². The number of rotatable bonds is 0. The summed E-state index contributed by atoms with van der Waals surface area (Å²) in [6.07, 6.45) is 3.51. The van der Waals surface area contributed by atoms with Crippen LogP contribution in [0.3, 0.4) is 0 Å². The molecule has 0 radical (unpaired) electrons. The van der Waals surface area contributed by atoms with Gasteiger partial charge in [0.25, 0.3) is 0 Å². The summed E-state index contributed by atoms with van der Waals surface area (Å²) in [5.41, 5.74) is 0. The third-order valence-electron chi connectivity index (χ3n) is 2.12. The van der Waals surface area contributed by atoms with Crippen LogP contribution in [0.5, 0.6) is 0 Å². The van der Waals surface area contributed by atoms with Crippen LogP contribution in [-0.4, -0.2) is 78.4 Å². The van der Waals surface area contributed by atoms with E-state index in [0.717, 1.165) is 0 Å². The minimum Gasteiger partial charge on any atom is -0.377 e. The van der Waals surface area contributed by atoms with Gasteiger partial charge in [0.15, 0.2) is 0 Å². The zero-order valence-corrected chi connectivity index (χ0v) is 10.8. The molecule has 1 rings (SSSR count). The topological polar surface area (TPSA) is 61.6 Å². The van der Waals surface area contributed by atoms with Crippen LogP contribution in [-0.2, 0) is 18.9 Å². The van der Waals surface area contributed by atoms with Gasteiger partial charge in [-0.3, -0.25) is 9.98 Å². The molecule has 6 heteroatoms. The quantitative estimate of drug-likeness (QED) is 0.623. The number of aliphatic imine (C=N–C) groups is 2. The van der Waals surface area contributed by atoms with Gasteiger partial charge < -0.3 is 18.9 Å². The first-order valence-electron chi connectivity index (χ1n) is 6.27. The normalized spacial score (nSPS) is 25.8. The molecule has 0 aliphatic carbocycles. The lowest BCUT2D eigenvalue weighted by molar-refractivity contribution is 0.0538. The SMILES string of the molecule is C1=N/CCOCCOCC/N=C/COCCOC/1. The molecule has 0 aromatic heterocycles. The zero-order chi connectivity index (χ0) is 12.7. The highest BCUT2D eigenvalue weighted by molar-refractivity contribution is 5.58. The summed E-state index contributed by atoms with van der Waals surface area (Å²) in [7, 11) is 0. The molecule has 0 unspecified atom stereocenters. The van der Waals surface area contributed by atoms with Gasteiger partial charge in [0.2, 0.25) is 0 Å². The van der Waals surface area contributed by atoms with Crippen LogP contribution in [0.2, 0.25) is 0 Å². The number of ether oxygens (including phenoxy) is 4. The Morgan fingerprint density at radius 1 is 0.556 bits per heavy atom. The molecule has 0 fully saturated rings. The third kappa shape index (κ3) is 10.3. The maximum Gasteiger partial charge on any atom is 0.0815 e. The van der Waals surface area contributed by atoms with Gasteiger partial charge in [-0.15, -0.1) is 0 Å². The molecule has 1 heterocycles. The van der Waals surface area contributed by atoms with Gasteiger partial charge in [-0.1, -0.05) is 0 Å². The van der Waals surface area contributed by atoms with Crippen LogP contribution in [0, 0.1) is 0 Å². The lowest BCUT2D eigenvalue weighted by Crippen LogP contribution is -2.10. The summed E-state index contributed by atoms with van der Waals surface area (Å²) in [6.45, 7) is 5.90. The molecule has 104 valence electrons. The van der Waals surface area contributed by atoms with E-state index in [2.05, 4.69) is 9.98 Å². The van der Waals surface area contributed by atoms with Crippen molar-refractivity contribution in [3.05, 3.63) is 0 Å². The molecule has 0 saturated carbocycles. The van der Waals surface area contributed by atoms with Crippen molar-refractivity contribution in [3.8, 4) is 0 Å². The molecule has 0 aromatic carbocycles. The van der Waals surface area contributed by atoms with Crippen LogP contribution in [0.15, 0.2) is 9.98 Å². The average Bonchev–Trinajstić information content (AvgIpc) is 2.39. The number of hydrogen-bond acceptors (Lipinski definition) is 6. The predicted octanol–water partition coefficient (Wildman–Crippen LogP) is 0.208. The maximum absolute atomic E-state index is 5.34. The number of hydrogen-bond donors (Lipinski definition) is 0. The minimum atomic E-state index is 0.514. The van der Waals surface area contributed by atoms with Crippen LogP contribution in [0.25, 0.3) is 0 Å². The molecule has 0 N–H and O–H groups in total. The van der Waals surface area contributed by atoms with Gasteiger partial charge in [-0.05, 0) is 0 Å². The second kappa shape index (κ2) is 12.6. The summed E-state index contributed by atoms with van der Waals surface area (Å²) in [6, 6.07) is 0. The van der Waals surface area contributed by atoms with Crippen LogP contribution >= 0.6 is 0 Å². The first-order chi connectivity index (χ1) is 9.00. The molecule has 0 amide bonds. The minimum absolute atomic E-state index is 0.514. The molecule has 0 saturated heterocycles. The molecule has 0 bridgehead atoms. The van der Waals surface area contributed by atoms with Gasteiger partial charge in [-0.2, -0.15) is 0 Å². The Balaban J connectivity index is 2.12. The van der Waals surface area contributed by atoms with Crippen molar-refractivity contribution in [2.75, 3.05) is 65.9 Å². The highest BCUT2D eigenvalue weighted by Crippen LogP contribution is 1.83. The van der Waals surface area contributed by atoms with Crippen molar-refractivity contribution in [3.63, 3.8) is 0 Å². The molecule has 18 heavy (non-hydrogen) atoms. The average molecular weight is 258 g/mol. The second-order valence-electron chi connectivity index (χ2n) is 3.55. The Hall–Kier alpha value is -0.820. The van der Waals surface area contributed by atoms with Crippen LogP contribution < -0.4 is 0 Å². The summed E-state index contributed by atoms with van der Waals surface area (Å²) in [4.78, 5) is 8.31. The van der Waals surface area contributed by atoms with E-state index in [1.54, 1.807) is 12.4 Å². The molecule has 0 atom stereocenters. The summed E-state index contributed by atoms with van der Waals surface area (Å²) in [5.74, 6) is 0. The van der Waals surface area contributed by atoms with Crippen molar-refractivity contribution >= 4 is 12.4 Å². The Labute approximate surface area is 108 Å². The fraction of sp³-hybridized carbons (Fsp3) is 0.833. The Morgan fingerprint density at radius 2 is 1.00 bits per heavy atom. The summed E-state index contributed by atoms with van der Waals surface area (Å²) in [5, 5.41) is 0. The lowest BCUT2D eigenvalue weighted by Gasteiger charge is -2.04. The first-order valence-corrected chi connectivity index (χ1v) is 6.27. The van der Waals surface area contributed by atoms with E-state index < -0.39 is 0 Å². The van der Waals surface area contributed by atoms with Crippen molar-refractivity contribution in [2.24, 2.45) is 9.98 Å². The van der Waals surface area contributed by atoms with E-state index in [1.165, 1.54) is 0 Å². The fourth-order valence-corrected chi connectivity index (χ4v) is 1.23. The third-order valence-corrected chi connectivity index (χ3v) is 2.12. The fourth-order valence-electron chi connectivity index (χ4n) is 1.23. The van der Waals surface area contributed by atoms with E-state index >= 15 is 0 Å². The van der Waals surface area contributed by atoms with Crippen molar-refractivity contribution in [2.45, 2.75) is 0 Å². The van der Waals surface area contributed by atoms with E-state index in [4.69, 9.17) is 18.9 Å². The zero-order valence-electron chi connectivity index (χ0n) is 10.8. The van der Waals surface area contributed by atoms with E-state index in [-0.39, 0.29) is 0 Å². The van der Waals surface area contributed by atoms with Gasteiger partial charge in [0, 0.05) is 12.4 Å². The number of nitrogens with zero attached hydrogens (tertiary/aromatic N) is 2. The lowest BCUT2D eigenvalue weighted by atomic mass is 10.6. The van der Waals surface area contributed by atoms with Crippen LogP contribution in [0.1, 0.15) is 0 Å². The van der Waals surface area contributed by atoms with Crippen molar-refractivity contribution < 1.29 is 18.9 Å². The molecule has 6 nitrogen and oxygen atoms in total. The standard InChI is InChI=1S/C12H22N2O4/c1-5-15-9-10-17-7-3-14-4-8-18-12-11-16-6-2-13-1/h1,3H,2,4-12H2/b13-1+,14-3+. The summed E-state index contributed by atoms with van der Waals surface area (Å²) >= 11 is 0. The maximum atomic E-state index is 5.34. The summed E-state index contributed by atoms with van der Waals surface area (Å²) < 4.78 is 21.3. The van der Waals surface area contributed by atoms with E-state index in [0.29, 0.717) is 65.9 Å². The highest BCUT2D eigenvalue weighted by atomic mass is 16.5. The first kappa shape index (κ1) is 15.2.